The largest absolute Gasteiger partial charge is 0.391 e. The van der Waals surface area contributed by atoms with Gasteiger partial charge in [-0.25, -0.2) is 4.39 Å². The highest BCUT2D eigenvalue weighted by molar-refractivity contribution is 6.20. The van der Waals surface area contributed by atoms with Crippen LogP contribution in [0.25, 0.3) is 0 Å². The van der Waals surface area contributed by atoms with Crippen LogP contribution in [0.5, 0.6) is 0 Å². The maximum Gasteiger partial charge on any atom is 0.391 e. The van der Waals surface area contributed by atoms with E-state index in [1.807, 2.05) is 0 Å². The maximum atomic E-state index is 14.7. The summed E-state index contributed by atoms with van der Waals surface area (Å²) in [6, 6.07) is -1.38. The number of rotatable bonds is 4. The van der Waals surface area contributed by atoms with Crippen molar-refractivity contribution in [3.8, 4) is 0 Å². The van der Waals surface area contributed by atoms with Crippen molar-refractivity contribution in [1.82, 2.24) is 9.80 Å². The molecule has 4 atom stereocenters. The van der Waals surface area contributed by atoms with Crippen molar-refractivity contribution in [3.63, 3.8) is 0 Å². The number of hydrogen-bond acceptors (Lipinski definition) is 3. The van der Waals surface area contributed by atoms with Gasteiger partial charge in [0.25, 0.3) is 0 Å². The number of halogens is 5. The van der Waals surface area contributed by atoms with E-state index in [-0.39, 0.29) is 61.4 Å². The molecule has 2 amide bonds. The second kappa shape index (κ2) is 9.04. The highest BCUT2D eigenvalue weighted by Crippen LogP contribution is 2.41. The smallest absolute Gasteiger partial charge is 0.380 e. The third kappa shape index (κ3) is 4.82. The summed E-state index contributed by atoms with van der Waals surface area (Å²) in [6.07, 6.45) is -3.41. The minimum absolute atomic E-state index is 0.0542. The normalized spacial score (nSPS) is 38.4. The van der Waals surface area contributed by atoms with E-state index in [1.165, 1.54) is 4.90 Å². The number of ether oxygens (including phenoxy) is 1. The van der Waals surface area contributed by atoms with Gasteiger partial charge in [-0.15, -0.1) is 11.6 Å². The highest BCUT2D eigenvalue weighted by atomic mass is 35.5. The molecule has 0 aromatic carbocycles. The van der Waals surface area contributed by atoms with Crippen molar-refractivity contribution in [3.05, 3.63) is 0 Å². The van der Waals surface area contributed by atoms with E-state index in [9.17, 15) is 27.2 Å². The fourth-order valence-electron chi connectivity index (χ4n) is 5.51. The second-order valence-corrected chi connectivity index (χ2v) is 10.1. The Morgan fingerprint density at radius 1 is 1.03 bits per heavy atom. The lowest BCUT2D eigenvalue weighted by Gasteiger charge is -2.50. The third-order valence-electron chi connectivity index (χ3n) is 7.45. The van der Waals surface area contributed by atoms with E-state index >= 15 is 0 Å². The molecule has 176 valence electrons. The zero-order valence-corrected chi connectivity index (χ0v) is 18.1. The van der Waals surface area contributed by atoms with Crippen LogP contribution in [0.2, 0.25) is 0 Å². The van der Waals surface area contributed by atoms with Crippen molar-refractivity contribution in [1.29, 1.82) is 0 Å². The molecule has 2 aliphatic heterocycles. The average molecular weight is 469 g/mol. The molecule has 2 saturated heterocycles. The summed E-state index contributed by atoms with van der Waals surface area (Å²) in [5.74, 6) is -2.03. The topological polar surface area (TPSA) is 49.9 Å². The van der Waals surface area contributed by atoms with Gasteiger partial charge in [0.15, 0.2) is 0 Å². The van der Waals surface area contributed by atoms with Gasteiger partial charge in [-0.3, -0.25) is 9.59 Å². The highest BCUT2D eigenvalue weighted by Gasteiger charge is 2.50. The summed E-state index contributed by atoms with van der Waals surface area (Å²) in [5, 5.41) is -0.263. The Morgan fingerprint density at radius 2 is 1.71 bits per heavy atom. The summed E-state index contributed by atoms with van der Waals surface area (Å²) < 4.78 is 58.9. The van der Waals surface area contributed by atoms with E-state index in [4.69, 9.17) is 16.3 Å². The lowest BCUT2D eigenvalue weighted by Crippen LogP contribution is -2.68. The van der Waals surface area contributed by atoms with Gasteiger partial charge in [0.2, 0.25) is 11.8 Å². The van der Waals surface area contributed by atoms with Crippen LogP contribution in [0, 0.1) is 17.8 Å². The van der Waals surface area contributed by atoms with Crippen LogP contribution in [0.3, 0.4) is 0 Å². The molecule has 4 aliphatic rings. The van der Waals surface area contributed by atoms with Crippen LogP contribution >= 0.6 is 11.6 Å². The number of piperazine rings is 1. The molecule has 0 radical (unpaired) electrons. The summed E-state index contributed by atoms with van der Waals surface area (Å²) in [7, 11) is 0. The van der Waals surface area contributed by atoms with Crippen molar-refractivity contribution < 1.29 is 31.9 Å². The molecule has 5 nitrogen and oxygen atoms in total. The van der Waals surface area contributed by atoms with E-state index < -0.39 is 30.3 Å². The van der Waals surface area contributed by atoms with Crippen LogP contribution in [-0.4, -0.2) is 77.7 Å². The summed E-state index contributed by atoms with van der Waals surface area (Å²) in [5.41, 5.74) is 0. The van der Waals surface area contributed by atoms with Crippen LogP contribution < -0.4 is 0 Å². The van der Waals surface area contributed by atoms with Gasteiger partial charge in [0.1, 0.15) is 18.8 Å². The standard InChI is InChI=1S/C21H29ClF4N2O3/c22-15-5-6-17(16(23)7-15)27-9-18(29)28(19(20(27)30)13-10-31-11-13)8-12-1-3-14(4-2-12)21(24,25)26/h12-17,19H,1-11H2. The first-order chi connectivity index (χ1) is 14.6. The first-order valence-electron chi connectivity index (χ1n) is 11.2. The van der Waals surface area contributed by atoms with Gasteiger partial charge in [0.05, 0.1) is 25.2 Å². The van der Waals surface area contributed by atoms with Gasteiger partial charge in [-0.05, 0) is 50.9 Å². The first kappa shape index (κ1) is 23.1. The summed E-state index contributed by atoms with van der Waals surface area (Å²) in [6.45, 7) is 0.793. The van der Waals surface area contributed by atoms with E-state index in [2.05, 4.69) is 0 Å². The number of carbonyl (C=O) groups excluding carboxylic acids is 2. The molecule has 0 N–H and O–H groups in total. The Morgan fingerprint density at radius 3 is 2.26 bits per heavy atom. The Hall–Kier alpha value is -1.09. The Balaban J connectivity index is 1.45. The molecule has 2 saturated carbocycles. The van der Waals surface area contributed by atoms with Crippen molar-refractivity contribution in [2.75, 3.05) is 26.3 Å². The molecule has 0 bridgehead atoms. The van der Waals surface area contributed by atoms with Crippen LogP contribution in [0.4, 0.5) is 17.6 Å². The van der Waals surface area contributed by atoms with Gasteiger partial charge >= 0.3 is 6.18 Å². The molecule has 2 heterocycles. The van der Waals surface area contributed by atoms with Crippen LogP contribution in [0.15, 0.2) is 0 Å². The fraction of sp³-hybridized carbons (Fsp3) is 0.905. The number of amides is 2. The minimum atomic E-state index is -4.18. The average Bonchev–Trinajstić information content (AvgIpc) is 2.66. The van der Waals surface area contributed by atoms with E-state index in [0.717, 1.165) is 0 Å². The second-order valence-electron chi connectivity index (χ2n) is 9.51. The zero-order chi connectivity index (χ0) is 22.3. The molecule has 2 aliphatic carbocycles. The predicted octanol–water partition coefficient (Wildman–Crippen LogP) is 3.54. The molecule has 4 rings (SSSR count). The minimum Gasteiger partial charge on any atom is -0.380 e. The Bertz CT molecular complexity index is 682. The van der Waals surface area contributed by atoms with Gasteiger partial charge in [0, 0.05) is 17.8 Å². The van der Waals surface area contributed by atoms with E-state index in [1.54, 1.807) is 4.90 Å². The SMILES string of the molecule is O=C1C(C2COC2)N(CC2CCC(C(F)(F)F)CC2)C(=O)CN1C1CCC(Cl)CC1F. The quantitative estimate of drug-likeness (QED) is 0.468. The van der Waals surface area contributed by atoms with Crippen LogP contribution in [0.1, 0.15) is 44.9 Å². The molecular weight excluding hydrogens is 440 g/mol. The number of carbonyl (C=O) groups is 2. The van der Waals surface area contributed by atoms with Gasteiger partial charge in [-0.2, -0.15) is 13.2 Å². The predicted molar refractivity (Wildman–Crippen MR) is 105 cm³/mol. The Labute approximate surface area is 184 Å². The molecule has 10 heteroatoms. The zero-order valence-electron chi connectivity index (χ0n) is 17.3. The third-order valence-corrected chi connectivity index (χ3v) is 7.84. The van der Waals surface area contributed by atoms with Gasteiger partial charge in [-0.1, -0.05) is 0 Å². The van der Waals surface area contributed by atoms with Crippen molar-refractivity contribution in [2.24, 2.45) is 17.8 Å². The summed E-state index contributed by atoms with van der Waals surface area (Å²) >= 11 is 6.06. The molecular formula is C21H29ClF4N2O3. The van der Waals surface area contributed by atoms with Crippen LogP contribution in [-0.2, 0) is 14.3 Å². The molecule has 0 aromatic heterocycles. The lowest BCUT2D eigenvalue weighted by molar-refractivity contribution is -0.185. The molecule has 0 spiro atoms. The molecule has 4 unspecified atom stereocenters. The molecule has 4 fully saturated rings. The maximum absolute atomic E-state index is 14.7. The lowest BCUT2D eigenvalue weighted by atomic mass is 9.80. The van der Waals surface area contributed by atoms with Crippen molar-refractivity contribution in [2.45, 2.75) is 74.8 Å². The monoisotopic (exact) mass is 468 g/mol. The molecule has 0 aromatic rings. The summed E-state index contributed by atoms with van der Waals surface area (Å²) in [4.78, 5) is 29.4. The van der Waals surface area contributed by atoms with E-state index in [0.29, 0.717) is 38.9 Å². The number of nitrogens with zero attached hydrogens (tertiary/aromatic N) is 2. The number of alkyl halides is 5. The fourth-order valence-corrected chi connectivity index (χ4v) is 5.81. The first-order valence-corrected chi connectivity index (χ1v) is 11.6. The Kier molecular flexibility index (Phi) is 6.73. The van der Waals surface area contributed by atoms with Gasteiger partial charge < -0.3 is 14.5 Å². The number of hydrogen-bond donors (Lipinski definition) is 0. The molecule has 31 heavy (non-hydrogen) atoms. The van der Waals surface area contributed by atoms with Crippen molar-refractivity contribution >= 4 is 23.4 Å².